The van der Waals surface area contributed by atoms with Crippen LogP contribution in [0.25, 0.3) is 0 Å². The molecule has 0 aliphatic heterocycles. The van der Waals surface area contributed by atoms with Crippen LogP contribution in [0.15, 0.2) is 30.3 Å². The molecule has 0 radical (unpaired) electrons. The fourth-order valence-electron chi connectivity index (χ4n) is 6.39. The molecule has 0 saturated heterocycles. The van der Waals surface area contributed by atoms with Crippen molar-refractivity contribution in [2.45, 2.75) is 112 Å². The van der Waals surface area contributed by atoms with E-state index in [-0.39, 0.29) is 11.7 Å². The molecule has 0 aromatic heterocycles. The highest BCUT2D eigenvalue weighted by molar-refractivity contribution is 7.85. The predicted molar refractivity (Wildman–Crippen MR) is 160 cm³/mol. The Kier molecular flexibility index (Phi) is 17.7. The highest BCUT2D eigenvalue weighted by Gasteiger charge is 2.39. The Balaban J connectivity index is 2.11. The van der Waals surface area contributed by atoms with Crippen LogP contribution < -0.4 is 0 Å². The predicted octanol–water partition coefficient (Wildman–Crippen LogP) is 8.58. The third-order valence-corrected chi connectivity index (χ3v) is 9.33. The van der Waals surface area contributed by atoms with Crippen molar-refractivity contribution in [3.05, 3.63) is 35.9 Å². The average molecular weight is 555 g/mol. The van der Waals surface area contributed by atoms with Crippen molar-refractivity contribution in [1.29, 1.82) is 0 Å². The first-order chi connectivity index (χ1) is 18.0. The first-order valence-corrected chi connectivity index (χ1v) is 16.7. The van der Waals surface area contributed by atoms with Crippen molar-refractivity contribution < 1.29 is 22.4 Å². The van der Waals surface area contributed by atoms with Crippen LogP contribution in [0.5, 0.6) is 0 Å². The first-order valence-electron chi connectivity index (χ1n) is 15.1. The quantitative estimate of drug-likeness (QED) is 0.108. The zero-order valence-corrected chi connectivity index (χ0v) is 26.1. The maximum atomic E-state index is 11.4. The molecule has 0 aliphatic carbocycles. The third kappa shape index (κ3) is 14.4. The number of ether oxygens (including phenoxy) is 2. The SMILES string of the molecule is CC(C)C(CCCCCCCCCOCCCC(COCc1ccccc1)CS(=O)(=O)O)(C(C)C)C(C)C. The van der Waals surface area contributed by atoms with Crippen LogP contribution >= 0.6 is 0 Å². The fourth-order valence-corrected chi connectivity index (χ4v) is 7.25. The van der Waals surface area contributed by atoms with Crippen molar-refractivity contribution in [3.8, 4) is 0 Å². The van der Waals surface area contributed by atoms with Gasteiger partial charge in [-0.3, -0.25) is 4.55 Å². The van der Waals surface area contributed by atoms with Crippen LogP contribution in [-0.2, 0) is 26.2 Å². The van der Waals surface area contributed by atoms with Crippen LogP contribution in [0.1, 0.15) is 111 Å². The van der Waals surface area contributed by atoms with Gasteiger partial charge < -0.3 is 9.47 Å². The number of rotatable bonds is 23. The van der Waals surface area contributed by atoms with Gasteiger partial charge in [-0.2, -0.15) is 8.42 Å². The molecule has 1 atom stereocenters. The molecule has 1 rings (SSSR count). The maximum Gasteiger partial charge on any atom is 0.265 e. The van der Waals surface area contributed by atoms with E-state index < -0.39 is 10.1 Å². The molecular formula is C32H58O5S. The lowest BCUT2D eigenvalue weighted by Crippen LogP contribution is -2.38. The van der Waals surface area contributed by atoms with E-state index in [1.54, 1.807) is 0 Å². The molecule has 1 aromatic rings. The largest absolute Gasteiger partial charge is 0.381 e. The van der Waals surface area contributed by atoms with Gasteiger partial charge in [-0.25, -0.2) is 0 Å². The number of hydrogen-bond donors (Lipinski definition) is 1. The molecule has 0 fully saturated rings. The summed E-state index contributed by atoms with van der Waals surface area (Å²) in [4.78, 5) is 0. The van der Waals surface area contributed by atoms with E-state index in [2.05, 4.69) is 41.5 Å². The Labute approximate surface area is 235 Å². The molecule has 222 valence electrons. The smallest absolute Gasteiger partial charge is 0.265 e. The average Bonchev–Trinajstić information content (AvgIpc) is 2.83. The topological polar surface area (TPSA) is 72.8 Å². The lowest BCUT2D eigenvalue weighted by atomic mass is 9.60. The molecule has 6 heteroatoms. The van der Waals surface area contributed by atoms with E-state index in [9.17, 15) is 13.0 Å². The van der Waals surface area contributed by atoms with Crippen molar-refractivity contribution in [1.82, 2.24) is 0 Å². The molecule has 0 aliphatic rings. The molecule has 1 aromatic carbocycles. The molecule has 0 saturated carbocycles. The molecule has 0 heterocycles. The summed E-state index contributed by atoms with van der Waals surface area (Å²) in [6.07, 6.45) is 11.6. The second-order valence-corrected chi connectivity index (χ2v) is 13.7. The van der Waals surface area contributed by atoms with Crippen LogP contribution in [0.2, 0.25) is 0 Å². The molecular weight excluding hydrogens is 496 g/mol. The van der Waals surface area contributed by atoms with Crippen molar-refractivity contribution >= 4 is 10.1 Å². The fraction of sp³-hybridized carbons (Fsp3) is 0.812. The minimum absolute atomic E-state index is 0.232. The summed E-state index contributed by atoms with van der Waals surface area (Å²) in [5, 5.41) is 0. The van der Waals surface area contributed by atoms with E-state index in [1.165, 1.54) is 44.9 Å². The minimum Gasteiger partial charge on any atom is -0.381 e. The van der Waals surface area contributed by atoms with Crippen molar-refractivity contribution in [3.63, 3.8) is 0 Å². The molecule has 1 unspecified atom stereocenters. The summed E-state index contributed by atoms with van der Waals surface area (Å²) in [6, 6.07) is 9.80. The zero-order chi connectivity index (χ0) is 28.4. The van der Waals surface area contributed by atoms with E-state index in [0.717, 1.165) is 42.8 Å². The van der Waals surface area contributed by atoms with Crippen LogP contribution in [-0.4, -0.2) is 38.5 Å². The maximum absolute atomic E-state index is 11.4. The van der Waals surface area contributed by atoms with Gasteiger partial charge in [0.25, 0.3) is 10.1 Å². The van der Waals surface area contributed by atoms with Gasteiger partial charge in [0.2, 0.25) is 0 Å². The van der Waals surface area contributed by atoms with Gasteiger partial charge in [0.15, 0.2) is 0 Å². The molecule has 0 amide bonds. The Bertz CT molecular complexity index is 783. The van der Waals surface area contributed by atoms with Gasteiger partial charge in [-0.15, -0.1) is 0 Å². The monoisotopic (exact) mass is 554 g/mol. The lowest BCUT2D eigenvalue weighted by Gasteiger charge is -2.45. The van der Waals surface area contributed by atoms with Crippen LogP contribution in [0, 0.1) is 29.1 Å². The van der Waals surface area contributed by atoms with E-state index in [4.69, 9.17) is 9.47 Å². The van der Waals surface area contributed by atoms with Gasteiger partial charge in [-0.1, -0.05) is 110 Å². The van der Waals surface area contributed by atoms with Crippen LogP contribution in [0.4, 0.5) is 0 Å². The highest BCUT2D eigenvalue weighted by Crippen LogP contribution is 2.47. The summed E-state index contributed by atoms with van der Waals surface area (Å²) < 4.78 is 43.6. The van der Waals surface area contributed by atoms with Crippen molar-refractivity contribution in [2.75, 3.05) is 25.6 Å². The second kappa shape index (κ2) is 19.2. The third-order valence-electron chi connectivity index (χ3n) is 8.44. The Hall–Kier alpha value is -0.950. The second-order valence-electron chi connectivity index (χ2n) is 12.2. The lowest BCUT2D eigenvalue weighted by molar-refractivity contribution is 0.0356. The number of unbranched alkanes of at least 4 members (excludes halogenated alkanes) is 6. The summed E-state index contributed by atoms with van der Waals surface area (Å²) in [7, 11) is -4.02. The Morgan fingerprint density at radius 2 is 1.26 bits per heavy atom. The summed E-state index contributed by atoms with van der Waals surface area (Å²) in [6.45, 7) is 16.5. The van der Waals surface area contributed by atoms with Gasteiger partial charge in [0.1, 0.15) is 0 Å². The van der Waals surface area contributed by atoms with Gasteiger partial charge in [0, 0.05) is 13.2 Å². The van der Waals surface area contributed by atoms with E-state index in [1.807, 2.05) is 30.3 Å². The molecule has 38 heavy (non-hydrogen) atoms. The summed E-state index contributed by atoms with van der Waals surface area (Å²) >= 11 is 0. The molecule has 0 spiro atoms. The summed E-state index contributed by atoms with van der Waals surface area (Å²) in [5.41, 5.74) is 1.51. The van der Waals surface area contributed by atoms with Crippen molar-refractivity contribution in [2.24, 2.45) is 29.1 Å². The van der Waals surface area contributed by atoms with Gasteiger partial charge in [-0.05, 0) is 60.3 Å². The zero-order valence-electron chi connectivity index (χ0n) is 25.3. The highest BCUT2D eigenvalue weighted by atomic mass is 32.2. The molecule has 0 bridgehead atoms. The van der Waals surface area contributed by atoms with Crippen LogP contribution in [0.3, 0.4) is 0 Å². The normalized spacial score (nSPS) is 13.6. The Morgan fingerprint density at radius 3 is 1.82 bits per heavy atom. The van der Waals surface area contributed by atoms with Gasteiger partial charge in [0.05, 0.1) is 19.0 Å². The standard InChI is InChI=1S/C32H58O5S/c1-27(2)32(28(3)4,29(5)6)21-15-10-8-7-9-11-16-22-36-23-17-20-31(26-38(33,34)35)25-37-24-30-18-13-12-14-19-30/h12-14,18-19,27-29,31H,7-11,15-17,20-26H2,1-6H3,(H,33,34,35). The number of benzene rings is 1. The number of hydrogen-bond acceptors (Lipinski definition) is 4. The van der Waals surface area contributed by atoms with E-state index >= 15 is 0 Å². The minimum atomic E-state index is -4.02. The molecule has 5 nitrogen and oxygen atoms in total. The Morgan fingerprint density at radius 1 is 0.737 bits per heavy atom. The van der Waals surface area contributed by atoms with E-state index in [0.29, 0.717) is 31.7 Å². The molecule has 1 N–H and O–H groups in total. The summed E-state index contributed by atoms with van der Waals surface area (Å²) in [5.74, 6) is 1.68. The van der Waals surface area contributed by atoms with Gasteiger partial charge >= 0.3 is 0 Å². The first kappa shape index (κ1) is 35.1.